The first-order chi connectivity index (χ1) is 10.9. The molecule has 1 fully saturated rings. The van der Waals surface area contributed by atoms with Crippen molar-refractivity contribution >= 4 is 41.0 Å². The summed E-state index contributed by atoms with van der Waals surface area (Å²) in [5.41, 5.74) is 5.36. The number of pyridine rings is 1. The molecule has 9 heteroatoms. The van der Waals surface area contributed by atoms with Gasteiger partial charge >= 0.3 is 5.97 Å². The Labute approximate surface area is 142 Å². The van der Waals surface area contributed by atoms with E-state index in [2.05, 4.69) is 4.98 Å². The normalized spacial score (nSPS) is 17.7. The maximum absolute atomic E-state index is 12.1. The molecule has 0 bridgehead atoms. The molecule has 1 saturated heterocycles. The van der Waals surface area contributed by atoms with Crippen LogP contribution in [-0.4, -0.2) is 47.4 Å². The largest absolute Gasteiger partial charge is 0.452 e. The third-order valence-electron chi connectivity index (χ3n) is 3.54. The fourth-order valence-corrected chi connectivity index (χ4v) is 2.54. The third-order valence-corrected chi connectivity index (χ3v) is 4.22. The summed E-state index contributed by atoms with van der Waals surface area (Å²) in [5, 5.41) is 0.192. The molecule has 2 N–H and O–H groups in total. The Bertz CT molecular complexity index is 638. The number of aromatic nitrogens is 1. The lowest BCUT2D eigenvalue weighted by Gasteiger charge is -2.31. The van der Waals surface area contributed by atoms with Crippen LogP contribution in [0.1, 0.15) is 23.2 Å². The number of halogens is 2. The first-order valence-corrected chi connectivity index (χ1v) is 7.69. The molecule has 2 rings (SSSR count). The Morgan fingerprint density at radius 2 is 2.13 bits per heavy atom. The van der Waals surface area contributed by atoms with E-state index in [0.29, 0.717) is 19.4 Å². The van der Waals surface area contributed by atoms with Crippen molar-refractivity contribution in [1.29, 1.82) is 0 Å². The number of nitrogens with zero attached hydrogens (tertiary/aromatic N) is 2. The number of likely N-dealkylation sites (tertiary alicyclic amines) is 1. The number of nitrogens with two attached hydrogens (primary N) is 1. The van der Waals surface area contributed by atoms with Crippen molar-refractivity contribution in [3.05, 3.63) is 28.0 Å². The molecule has 0 saturated carbocycles. The lowest BCUT2D eigenvalue weighted by atomic mass is 9.97. The van der Waals surface area contributed by atoms with E-state index in [0.717, 1.165) is 0 Å². The molecule has 7 nitrogen and oxygen atoms in total. The van der Waals surface area contributed by atoms with Gasteiger partial charge in [0.1, 0.15) is 5.15 Å². The first-order valence-electron chi connectivity index (χ1n) is 6.93. The molecule has 124 valence electrons. The van der Waals surface area contributed by atoms with Crippen molar-refractivity contribution in [2.75, 3.05) is 19.7 Å². The van der Waals surface area contributed by atoms with Crippen LogP contribution in [0.5, 0.6) is 0 Å². The van der Waals surface area contributed by atoms with E-state index in [9.17, 15) is 14.4 Å². The SMILES string of the molecule is NC(=O)[C@@H]1CCCN(C(=O)COC(=O)c2cnc(Cl)c(Cl)c2)C1. The fraction of sp³-hybridized carbons (Fsp3) is 0.429. The zero-order chi connectivity index (χ0) is 17.0. The van der Waals surface area contributed by atoms with Crippen molar-refractivity contribution in [1.82, 2.24) is 9.88 Å². The highest BCUT2D eigenvalue weighted by atomic mass is 35.5. The maximum Gasteiger partial charge on any atom is 0.340 e. The third kappa shape index (κ3) is 4.56. The molecule has 0 aliphatic carbocycles. The molecule has 0 aromatic carbocycles. The van der Waals surface area contributed by atoms with E-state index in [1.54, 1.807) is 0 Å². The average molecular weight is 360 g/mol. The molecular weight excluding hydrogens is 345 g/mol. The van der Waals surface area contributed by atoms with Gasteiger partial charge in [-0.2, -0.15) is 0 Å². The Morgan fingerprint density at radius 1 is 1.39 bits per heavy atom. The van der Waals surface area contributed by atoms with Gasteiger partial charge in [0.2, 0.25) is 5.91 Å². The van der Waals surface area contributed by atoms with Gasteiger partial charge in [0, 0.05) is 19.3 Å². The highest BCUT2D eigenvalue weighted by molar-refractivity contribution is 6.41. The monoisotopic (exact) mass is 359 g/mol. The molecule has 1 aromatic rings. The minimum absolute atomic E-state index is 0.0742. The van der Waals surface area contributed by atoms with E-state index in [-0.39, 0.29) is 34.1 Å². The number of carbonyl (C=O) groups excluding carboxylic acids is 3. The summed E-state index contributed by atoms with van der Waals surface area (Å²) in [5.74, 6) is -1.89. The summed E-state index contributed by atoms with van der Waals surface area (Å²) in [6.45, 7) is 0.332. The van der Waals surface area contributed by atoms with Crippen molar-refractivity contribution in [2.45, 2.75) is 12.8 Å². The standard InChI is InChI=1S/C14H15Cl2N3O4/c15-10-4-9(5-18-12(10)16)14(22)23-7-11(20)19-3-1-2-8(6-19)13(17)21/h4-5,8H,1-3,6-7H2,(H2,17,21)/t8-/m1/s1. The van der Waals surface area contributed by atoms with Gasteiger partial charge in [-0.15, -0.1) is 0 Å². The zero-order valence-electron chi connectivity index (χ0n) is 12.1. The number of amides is 2. The van der Waals surface area contributed by atoms with Crippen LogP contribution in [0.3, 0.4) is 0 Å². The second-order valence-electron chi connectivity index (χ2n) is 5.15. The van der Waals surface area contributed by atoms with Gasteiger partial charge in [0.25, 0.3) is 5.91 Å². The van der Waals surface area contributed by atoms with E-state index in [1.807, 2.05) is 0 Å². The van der Waals surface area contributed by atoms with E-state index >= 15 is 0 Å². The van der Waals surface area contributed by atoms with Gasteiger partial charge in [0.05, 0.1) is 16.5 Å². The second-order valence-corrected chi connectivity index (χ2v) is 5.92. The lowest BCUT2D eigenvalue weighted by molar-refractivity contribution is -0.137. The summed E-state index contributed by atoms with van der Waals surface area (Å²) in [6, 6.07) is 1.31. The Hall–Kier alpha value is -1.86. The number of hydrogen-bond donors (Lipinski definition) is 1. The number of carbonyl (C=O) groups is 3. The van der Waals surface area contributed by atoms with Gasteiger partial charge in [0.15, 0.2) is 6.61 Å². The molecule has 0 radical (unpaired) electrons. The first kappa shape index (κ1) is 17.5. The summed E-state index contributed by atoms with van der Waals surface area (Å²) in [4.78, 5) is 40.3. The number of esters is 1. The zero-order valence-corrected chi connectivity index (χ0v) is 13.6. The minimum atomic E-state index is -0.729. The second kappa shape index (κ2) is 7.61. The lowest BCUT2D eigenvalue weighted by Crippen LogP contribution is -2.45. The predicted octanol–water partition coefficient (Wildman–Crippen LogP) is 1.27. The fourth-order valence-electron chi connectivity index (χ4n) is 2.27. The maximum atomic E-state index is 12.1. The van der Waals surface area contributed by atoms with Crippen LogP contribution in [0.15, 0.2) is 12.3 Å². The quantitative estimate of drug-likeness (QED) is 0.643. The molecule has 23 heavy (non-hydrogen) atoms. The number of piperidine rings is 1. The van der Waals surface area contributed by atoms with Gasteiger partial charge in [-0.3, -0.25) is 9.59 Å². The Morgan fingerprint density at radius 3 is 2.78 bits per heavy atom. The van der Waals surface area contributed by atoms with Crippen LogP contribution in [0.25, 0.3) is 0 Å². The van der Waals surface area contributed by atoms with Gasteiger partial charge in [-0.05, 0) is 18.9 Å². The van der Waals surface area contributed by atoms with Crippen molar-refractivity contribution < 1.29 is 19.1 Å². The number of ether oxygens (including phenoxy) is 1. The minimum Gasteiger partial charge on any atom is -0.452 e. The number of rotatable bonds is 4. The van der Waals surface area contributed by atoms with Gasteiger partial charge in [-0.25, -0.2) is 9.78 Å². The average Bonchev–Trinajstić information content (AvgIpc) is 2.54. The summed E-state index contributed by atoms with van der Waals surface area (Å²) in [7, 11) is 0. The Kier molecular flexibility index (Phi) is 5.79. The Balaban J connectivity index is 1.89. The summed E-state index contributed by atoms with van der Waals surface area (Å²) in [6.07, 6.45) is 2.56. The number of hydrogen-bond acceptors (Lipinski definition) is 5. The van der Waals surface area contributed by atoms with Crippen LogP contribution in [0.4, 0.5) is 0 Å². The van der Waals surface area contributed by atoms with Crippen LogP contribution in [0, 0.1) is 5.92 Å². The predicted molar refractivity (Wildman–Crippen MR) is 83.0 cm³/mol. The molecule has 1 atom stereocenters. The molecule has 0 unspecified atom stereocenters. The molecule has 2 heterocycles. The van der Waals surface area contributed by atoms with Crippen molar-refractivity contribution in [2.24, 2.45) is 11.7 Å². The van der Waals surface area contributed by atoms with E-state index in [1.165, 1.54) is 17.2 Å². The van der Waals surface area contributed by atoms with Crippen LogP contribution in [-0.2, 0) is 14.3 Å². The molecule has 2 amide bonds. The topological polar surface area (TPSA) is 103 Å². The smallest absolute Gasteiger partial charge is 0.340 e. The van der Waals surface area contributed by atoms with Crippen LogP contribution >= 0.6 is 23.2 Å². The molecule has 0 spiro atoms. The van der Waals surface area contributed by atoms with E-state index in [4.69, 9.17) is 33.7 Å². The van der Waals surface area contributed by atoms with Crippen molar-refractivity contribution in [3.63, 3.8) is 0 Å². The summed E-state index contributed by atoms with van der Waals surface area (Å²) < 4.78 is 4.95. The van der Waals surface area contributed by atoms with Gasteiger partial charge in [-0.1, -0.05) is 23.2 Å². The van der Waals surface area contributed by atoms with Crippen molar-refractivity contribution in [3.8, 4) is 0 Å². The number of primary amides is 1. The molecule has 1 aliphatic heterocycles. The van der Waals surface area contributed by atoms with Gasteiger partial charge < -0.3 is 15.4 Å². The highest BCUT2D eigenvalue weighted by Gasteiger charge is 2.27. The molecular formula is C14H15Cl2N3O4. The van der Waals surface area contributed by atoms with Crippen LogP contribution < -0.4 is 5.73 Å². The molecule has 1 aromatic heterocycles. The molecule has 1 aliphatic rings. The van der Waals surface area contributed by atoms with Crippen LogP contribution in [0.2, 0.25) is 10.2 Å². The van der Waals surface area contributed by atoms with E-state index < -0.39 is 18.5 Å². The summed E-state index contributed by atoms with van der Waals surface area (Å²) >= 11 is 11.4. The highest BCUT2D eigenvalue weighted by Crippen LogP contribution is 2.20.